The molecule has 0 atom stereocenters. The first-order valence-corrected chi connectivity index (χ1v) is 12.5. The van der Waals surface area contributed by atoms with Gasteiger partial charge in [-0.05, 0) is 66.8 Å². The number of anilines is 1. The number of aryl methyl sites for hydroxylation is 1. The van der Waals surface area contributed by atoms with Crippen LogP contribution >= 0.6 is 15.9 Å². The molecule has 1 aliphatic rings. The predicted molar refractivity (Wildman–Crippen MR) is 135 cm³/mol. The third kappa shape index (κ3) is 5.83. The van der Waals surface area contributed by atoms with Crippen LogP contribution in [0.25, 0.3) is 0 Å². The van der Waals surface area contributed by atoms with Crippen molar-refractivity contribution in [2.45, 2.75) is 64.6 Å². The zero-order valence-corrected chi connectivity index (χ0v) is 20.4. The van der Waals surface area contributed by atoms with Crippen LogP contribution in [0, 0.1) is 0 Å². The summed E-state index contributed by atoms with van der Waals surface area (Å²) in [5, 5.41) is 3.17. The van der Waals surface area contributed by atoms with Crippen LogP contribution in [-0.4, -0.2) is 21.5 Å². The van der Waals surface area contributed by atoms with Gasteiger partial charge in [-0.1, -0.05) is 66.4 Å². The number of benzene rings is 2. The number of hydrogen-bond acceptors (Lipinski definition) is 1. The van der Waals surface area contributed by atoms with Gasteiger partial charge in [0.25, 0.3) is 0 Å². The summed E-state index contributed by atoms with van der Waals surface area (Å²) >= 11 is 3.51. The van der Waals surface area contributed by atoms with E-state index in [4.69, 9.17) is 0 Å². The highest BCUT2D eigenvalue weighted by atomic mass is 79.9. The van der Waals surface area contributed by atoms with Crippen molar-refractivity contribution < 1.29 is 4.79 Å². The number of hydrogen-bond donors (Lipinski definition) is 1. The fraction of sp³-hybridized carbons (Fsp3) is 0.370. The van der Waals surface area contributed by atoms with Crippen LogP contribution in [0.5, 0.6) is 0 Å². The number of halogens is 1. The van der Waals surface area contributed by atoms with E-state index >= 15 is 0 Å². The molecule has 3 aromatic rings. The lowest BCUT2D eigenvalue weighted by atomic mass is 9.94. The standard InChI is InChI=1S/C27H32BrN3O/c1-2-21-8-6-9-24(18-21)29-27(32)31(25-10-4-3-5-11-25)20-26-12-7-17-30(26)19-22-13-15-23(28)16-14-22/h6-9,12-18,25H,2-5,10-11,19-20H2,1H3,(H,29,32). The molecular weight excluding hydrogens is 462 g/mol. The molecule has 4 nitrogen and oxygen atoms in total. The molecule has 1 fully saturated rings. The summed E-state index contributed by atoms with van der Waals surface area (Å²) in [6.45, 7) is 3.55. The molecule has 0 saturated heterocycles. The second-order valence-corrected chi connectivity index (χ2v) is 9.57. The zero-order valence-electron chi connectivity index (χ0n) is 18.8. The maximum Gasteiger partial charge on any atom is 0.322 e. The van der Waals surface area contributed by atoms with Gasteiger partial charge in [-0.2, -0.15) is 0 Å². The molecule has 1 aromatic heterocycles. The summed E-state index contributed by atoms with van der Waals surface area (Å²) < 4.78 is 3.34. The van der Waals surface area contributed by atoms with Gasteiger partial charge in [0, 0.05) is 34.6 Å². The van der Waals surface area contributed by atoms with Crippen molar-refractivity contribution in [1.29, 1.82) is 0 Å². The van der Waals surface area contributed by atoms with Crippen molar-refractivity contribution in [3.05, 3.63) is 88.2 Å². The SMILES string of the molecule is CCc1cccc(NC(=O)N(Cc2cccn2Cc2ccc(Br)cc2)C2CCCCC2)c1. The van der Waals surface area contributed by atoms with E-state index < -0.39 is 0 Å². The number of carbonyl (C=O) groups excluding carboxylic acids is 1. The number of aromatic nitrogens is 1. The summed E-state index contributed by atoms with van der Waals surface area (Å²) in [5.74, 6) is 0. The Morgan fingerprint density at radius 3 is 2.56 bits per heavy atom. The highest BCUT2D eigenvalue weighted by Crippen LogP contribution is 2.26. The van der Waals surface area contributed by atoms with Gasteiger partial charge in [-0.15, -0.1) is 0 Å². The quantitative estimate of drug-likeness (QED) is 0.370. The second-order valence-electron chi connectivity index (χ2n) is 8.66. The monoisotopic (exact) mass is 493 g/mol. The molecule has 0 bridgehead atoms. The van der Waals surface area contributed by atoms with E-state index in [1.165, 1.54) is 30.4 Å². The smallest absolute Gasteiger partial charge is 0.322 e. The van der Waals surface area contributed by atoms with Gasteiger partial charge in [0.05, 0.1) is 6.54 Å². The summed E-state index contributed by atoms with van der Waals surface area (Å²) in [5.41, 5.74) is 4.52. The number of urea groups is 1. The Balaban J connectivity index is 1.53. The van der Waals surface area contributed by atoms with E-state index in [-0.39, 0.29) is 12.1 Å². The van der Waals surface area contributed by atoms with E-state index in [1.807, 2.05) is 12.1 Å². The number of carbonyl (C=O) groups is 1. The van der Waals surface area contributed by atoms with Gasteiger partial charge < -0.3 is 14.8 Å². The molecule has 5 heteroatoms. The van der Waals surface area contributed by atoms with Crippen molar-refractivity contribution in [1.82, 2.24) is 9.47 Å². The molecule has 0 aliphatic heterocycles. The highest BCUT2D eigenvalue weighted by Gasteiger charge is 2.26. The first kappa shape index (κ1) is 22.7. The first-order chi connectivity index (χ1) is 15.6. The average Bonchev–Trinajstić information content (AvgIpc) is 3.26. The zero-order chi connectivity index (χ0) is 22.3. The maximum atomic E-state index is 13.4. The third-order valence-corrected chi connectivity index (χ3v) is 6.91. The summed E-state index contributed by atoms with van der Waals surface area (Å²) in [6.07, 6.45) is 8.88. The Morgan fingerprint density at radius 1 is 1.03 bits per heavy atom. The lowest BCUT2D eigenvalue weighted by Crippen LogP contribution is -2.43. The second kappa shape index (κ2) is 10.9. The fourth-order valence-electron chi connectivity index (χ4n) is 4.53. The molecule has 168 valence electrons. The van der Waals surface area contributed by atoms with Crippen molar-refractivity contribution in [2.24, 2.45) is 0 Å². The Bertz CT molecular complexity index is 1020. The lowest BCUT2D eigenvalue weighted by Gasteiger charge is -2.34. The normalized spacial score (nSPS) is 14.3. The van der Waals surface area contributed by atoms with Crippen LogP contribution in [0.1, 0.15) is 55.8 Å². The molecule has 0 spiro atoms. The van der Waals surface area contributed by atoms with E-state index in [0.29, 0.717) is 6.54 Å². The van der Waals surface area contributed by atoms with Crippen molar-refractivity contribution >= 4 is 27.6 Å². The van der Waals surface area contributed by atoms with Crippen LogP contribution in [-0.2, 0) is 19.5 Å². The molecule has 1 heterocycles. The highest BCUT2D eigenvalue weighted by molar-refractivity contribution is 9.10. The number of nitrogens with one attached hydrogen (secondary N) is 1. The fourth-order valence-corrected chi connectivity index (χ4v) is 4.80. The molecule has 0 radical (unpaired) electrons. The minimum absolute atomic E-state index is 0.00143. The average molecular weight is 494 g/mol. The van der Waals surface area contributed by atoms with Crippen LogP contribution in [0.3, 0.4) is 0 Å². The molecule has 32 heavy (non-hydrogen) atoms. The molecule has 2 amide bonds. The van der Waals surface area contributed by atoms with Crippen LogP contribution in [0.15, 0.2) is 71.3 Å². The summed E-state index contributed by atoms with van der Waals surface area (Å²) in [7, 11) is 0. The maximum absolute atomic E-state index is 13.4. The number of amides is 2. The van der Waals surface area contributed by atoms with Crippen molar-refractivity contribution in [3.8, 4) is 0 Å². The molecule has 1 saturated carbocycles. The topological polar surface area (TPSA) is 37.3 Å². The van der Waals surface area contributed by atoms with Gasteiger partial charge in [-0.3, -0.25) is 0 Å². The van der Waals surface area contributed by atoms with Crippen LogP contribution in [0.4, 0.5) is 10.5 Å². The summed E-state index contributed by atoms with van der Waals surface area (Å²) in [6, 6.07) is 21.1. The summed E-state index contributed by atoms with van der Waals surface area (Å²) in [4.78, 5) is 15.5. The molecular formula is C27H32BrN3O. The Hall–Kier alpha value is -2.53. The largest absolute Gasteiger partial charge is 0.345 e. The molecule has 1 aliphatic carbocycles. The van der Waals surface area contributed by atoms with Gasteiger partial charge >= 0.3 is 6.03 Å². The molecule has 4 rings (SSSR count). The van der Waals surface area contributed by atoms with E-state index in [1.54, 1.807) is 0 Å². The predicted octanol–water partition coefficient (Wildman–Crippen LogP) is 7.23. The van der Waals surface area contributed by atoms with Gasteiger partial charge in [0.2, 0.25) is 0 Å². The van der Waals surface area contributed by atoms with Crippen LogP contribution < -0.4 is 5.32 Å². The first-order valence-electron chi connectivity index (χ1n) is 11.7. The van der Waals surface area contributed by atoms with E-state index in [9.17, 15) is 4.79 Å². The third-order valence-electron chi connectivity index (χ3n) is 6.38. The Kier molecular flexibility index (Phi) is 7.69. The number of nitrogens with zero attached hydrogens (tertiary/aromatic N) is 2. The minimum atomic E-state index is 0.00143. The molecule has 2 aromatic carbocycles. The molecule has 0 unspecified atom stereocenters. The Morgan fingerprint density at radius 2 is 1.81 bits per heavy atom. The van der Waals surface area contributed by atoms with Crippen molar-refractivity contribution in [3.63, 3.8) is 0 Å². The minimum Gasteiger partial charge on any atom is -0.345 e. The van der Waals surface area contributed by atoms with Crippen LogP contribution in [0.2, 0.25) is 0 Å². The van der Waals surface area contributed by atoms with E-state index in [0.717, 1.165) is 41.7 Å². The van der Waals surface area contributed by atoms with Gasteiger partial charge in [0.15, 0.2) is 0 Å². The number of rotatable bonds is 7. The Labute approximate surface area is 199 Å². The van der Waals surface area contributed by atoms with Gasteiger partial charge in [0.1, 0.15) is 0 Å². The van der Waals surface area contributed by atoms with Crippen molar-refractivity contribution in [2.75, 3.05) is 5.32 Å². The van der Waals surface area contributed by atoms with E-state index in [2.05, 4.69) is 92.4 Å². The lowest BCUT2D eigenvalue weighted by molar-refractivity contribution is 0.161. The van der Waals surface area contributed by atoms with Gasteiger partial charge in [-0.25, -0.2) is 4.79 Å². The molecule has 1 N–H and O–H groups in total.